The van der Waals surface area contributed by atoms with Gasteiger partial charge in [-0.1, -0.05) is 30.8 Å². The van der Waals surface area contributed by atoms with Crippen molar-refractivity contribution in [2.24, 2.45) is 10.7 Å². The van der Waals surface area contributed by atoms with Gasteiger partial charge < -0.3 is 11.1 Å². The van der Waals surface area contributed by atoms with E-state index in [4.69, 9.17) is 5.73 Å². The Balaban J connectivity index is 0.00000289. The summed E-state index contributed by atoms with van der Waals surface area (Å²) in [6, 6.07) is 7.65. The van der Waals surface area contributed by atoms with Gasteiger partial charge in [0.15, 0.2) is 5.17 Å². The zero-order valence-electron chi connectivity index (χ0n) is 10.5. The van der Waals surface area contributed by atoms with E-state index in [9.17, 15) is 4.79 Å². The second-order valence-electron chi connectivity index (χ2n) is 3.46. The van der Waals surface area contributed by atoms with E-state index in [1.807, 2.05) is 31.2 Å². The molecule has 0 aliphatic carbocycles. The molecule has 0 atom stereocenters. The molecule has 0 fully saturated rings. The summed E-state index contributed by atoms with van der Waals surface area (Å²) in [7, 11) is 0. The van der Waals surface area contributed by atoms with Crippen LogP contribution in [0, 0.1) is 0 Å². The van der Waals surface area contributed by atoms with Crippen molar-refractivity contribution < 1.29 is 4.79 Å². The van der Waals surface area contributed by atoms with Crippen LogP contribution in [0.1, 0.15) is 19.4 Å². The summed E-state index contributed by atoms with van der Waals surface area (Å²) >= 11 is 1.51. The minimum absolute atomic E-state index is 0. The van der Waals surface area contributed by atoms with Crippen molar-refractivity contribution in [2.45, 2.75) is 20.4 Å². The number of nitrogens with one attached hydrogen (secondary N) is 1. The van der Waals surface area contributed by atoms with Gasteiger partial charge in [0.1, 0.15) is 0 Å². The van der Waals surface area contributed by atoms with E-state index in [1.165, 1.54) is 18.7 Å². The molecule has 0 saturated carbocycles. The Morgan fingerprint density at radius 2 is 2.22 bits per heavy atom. The fourth-order valence-corrected chi connectivity index (χ4v) is 1.74. The van der Waals surface area contributed by atoms with Gasteiger partial charge in [-0.05, 0) is 23.4 Å². The number of rotatable bonds is 4. The molecule has 0 aliphatic heterocycles. The lowest BCUT2D eigenvalue weighted by Gasteiger charge is -2.04. The van der Waals surface area contributed by atoms with E-state index in [-0.39, 0.29) is 29.9 Å². The van der Waals surface area contributed by atoms with Crippen LogP contribution in [0.25, 0.3) is 0 Å². The van der Waals surface area contributed by atoms with E-state index in [1.54, 1.807) is 0 Å². The molecule has 0 unspecified atom stereocenters. The van der Waals surface area contributed by atoms with Crippen molar-refractivity contribution >= 4 is 52.5 Å². The number of nitrogens with two attached hydrogens (primary N) is 1. The standard InChI is InChI=1S/C12H17N3OS.HI/c1-3-17-12(13)15-11-6-4-5-10(7-11)8-14-9(2)16;/h4-7H,3,8H2,1-2H3,(H2,13,15)(H,14,16);1H. The highest BCUT2D eigenvalue weighted by atomic mass is 127. The first-order valence-corrected chi connectivity index (χ1v) is 6.40. The number of hydrogen-bond donors (Lipinski definition) is 2. The second-order valence-corrected chi connectivity index (χ2v) is 4.75. The zero-order valence-corrected chi connectivity index (χ0v) is 13.6. The third kappa shape index (κ3) is 6.85. The summed E-state index contributed by atoms with van der Waals surface area (Å²) in [5.74, 6) is 0.862. The van der Waals surface area contributed by atoms with Crippen LogP contribution in [0.3, 0.4) is 0 Å². The largest absolute Gasteiger partial charge is 0.378 e. The number of carbonyl (C=O) groups excluding carboxylic acids is 1. The van der Waals surface area contributed by atoms with Gasteiger partial charge in [0, 0.05) is 13.5 Å². The van der Waals surface area contributed by atoms with Gasteiger partial charge in [-0.25, -0.2) is 4.99 Å². The third-order valence-electron chi connectivity index (χ3n) is 1.98. The van der Waals surface area contributed by atoms with E-state index in [0.29, 0.717) is 11.7 Å². The molecule has 4 nitrogen and oxygen atoms in total. The number of benzene rings is 1. The summed E-state index contributed by atoms with van der Waals surface area (Å²) < 4.78 is 0. The number of aliphatic imine (C=N–C) groups is 1. The molecule has 0 heterocycles. The van der Waals surface area contributed by atoms with Gasteiger partial charge in [-0.2, -0.15) is 0 Å². The monoisotopic (exact) mass is 379 g/mol. The van der Waals surface area contributed by atoms with Gasteiger partial charge in [0.2, 0.25) is 5.91 Å². The SMILES string of the molecule is CCSC(N)=Nc1cccc(CNC(C)=O)c1.I. The number of carbonyl (C=O) groups is 1. The van der Waals surface area contributed by atoms with Gasteiger partial charge in [-0.3, -0.25) is 4.79 Å². The molecule has 6 heteroatoms. The highest BCUT2D eigenvalue weighted by molar-refractivity contribution is 14.0. The summed E-state index contributed by atoms with van der Waals surface area (Å²) in [6.45, 7) is 4.04. The number of thioether (sulfide) groups is 1. The van der Waals surface area contributed by atoms with Crippen LogP contribution in [0.2, 0.25) is 0 Å². The lowest BCUT2D eigenvalue weighted by molar-refractivity contribution is -0.119. The lowest BCUT2D eigenvalue weighted by Crippen LogP contribution is -2.18. The lowest BCUT2D eigenvalue weighted by atomic mass is 10.2. The average molecular weight is 379 g/mol. The Kier molecular flexibility index (Phi) is 8.82. The van der Waals surface area contributed by atoms with Crippen molar-refractivity contribution in [1.29, 1.82) is 0 Å². The normalized spacial score (nSPS) is 10.7. The van der Waals surface area contributed by atoms with Gasteiger partial charge in [0.25, 0.3) is 0 Å². The number of halogens is 1. The van der Waals surface area contributed by atoms with E-state index < -0.39 is 0 Å². The molecule has 1 amide bonds. The average Bonchev–Trinajstić information content (AvgIpc) is 2.27. The van der Waals surface area contributed by atoms with Crippen molar-refractivity contribution in [3.8, 4) is 0 Å². The van der Waals surface area contributed by atoms with Crippen LogP contribution in [-0.4, -0.2) is 16.8 Å². The predicted octanol–water partition coefficient (Wildman–Crippen LogP) is 2.64. The molecule has 1 rings (SSSR count). The number of amidine groups is 1. The van der Waals surface area contributed by atoms with Gasteiger partial charge in [0.05, 0.1) is 5.69 Å². The predicted molar refractivity (Wildman–Crippen MR) is 88.8 cm³/mol. The molecule has 0 radical (unpaired) electrons. The molecule has 0 aromatic heterocycles. The topological polar surface area (TPSA) is 67.5 Å². The van der Waals surface area contributed by atoms with Crippen molar-refractivity contribution in [3.05, 3.63) is 29.8 Å². The highest BCUT2D eigenvalue weighted by Gasteiger charge is 1.97. The molecule has 100 valence electrons. The van der Waals surface area contributed by atoms with Crippen LogP contribution in [-0.2, 0) is 11.3 Å². The Labute approximate surface area is 129 Å². The Morgan fingerprint density at radius 1 is 1.50 bits per heavy atom. The maximum atomic E-state index is 10.8. The van der Waals surface area contributed by atoms with Gasteiger partial charge in [-0.15, -0.1) is 24.0 Å². The smallest absolute Gasteiger partial charge is 0.217 e. The third-order valence-corrected chi connectivity index (χ3v) is 2.66. The van der Waals surface area contributed by atoms with E-state index >= 15 is 0 Å². The number of nitrogens with zero attached hydrogens (tertiary/aromatic N) is 1. The van der Waals surface area contributed by atoms with Crippen molar-refractivity contribution in [1.82, 2.24) is 5.32 Å². The minimum Gasteiger partial charge on any atom is -0.378 e. The summed E-state index contributed by atoms with van der Waals surface area (Å²) in [5, 5.41) is 3.30. The quantitative estimate of drug-likeness (QED) is 0.480. The zero-order chi connectivity index (χ0) is 12.7. The molecule has 1 aromatic carbocycles. The van der Waals surface area contributed by atoms with Crippen LogP contribution >= 0.6 is 35.7 Å². The van der Waals surface area contributed by atoms with Crippen LogP contribution < -0.4 is 11.1 Å². The Hall–Kier alpha value is -0.760. The Bertz CT molecular complexity index is 424. The minimum atomic E-state index is -0.0417. The summed E-state index contributed by atoms with van der Waals surface area (Å²) in [4.78, 5) is 15.1. The molecule has 0 saturated heterocycles. The fraction of sp³-hybridized carbons (Fsp3) is 0.333. The molecular formula is C12H18IN3OS. The molecule has 18 heavy (non-hydrogen) atoms. The maximum absolute atomic E-state index is 10.8. The molecule has 0 aliphatic rings. The van der Waals surface area contributed by atoms with E-state index in [0.717, 1.165) is 17.0 Å². The van der Waals surface area contributed by atoms with Gasteiger partial charge >= 0.3 is 0 Å². The number of hydrogen-bond acceptors (Lipinski definition) is 3. The Morgan fingerprint density at radius 3 is 2.83 bits per heavy atom. The first-order chi connectivity index (χ1) is 8.11. The van der Waals surface area contributed by atoms with Crippen LogP contribution in [0.4, 0.5) is 5.69 Å². The maximum Gasteiger partial charge on any atom is 0.217 e. The molecular weight excluding hydrogens is 361 g/mol. The molecule has 3 N–H and O–H groups in total. The second kappa shape index (κ2) is 9.21. The first-order valence-electron chi connectivity index (χ1n) is 5.42. The number of amides is 1. The summed E-state index contributed by atoms with van der Waals surface area (Å²) in [5.41, 5.74) is 7.55. The van der Waals surface area contributed by atoms with Crippen molar-refractivity contribution in [2.75, 3.05) is 5.75 Å². The summed E-state index contributed by atoms with van der Waals surface area (Å²) in [6.07, 6.45) is 0. The molecule has 1 aromatic rings. The molecule has 0 bridgehead atoms. The van der Waals surface area contributed by atoms with Crippen LogP contribution in [0.15, 0.2) is 29.3 Å². The fourth-order valence-electron chi connectivity index (χ4n) is 1.27. The van der Waals surface area contributed by atoms with Crippen molar-refractivity contribution in [3.63, 3.8) is 0 Å². The molecule has 0 spiro atoms. The first kappa shape index (κ1) is 17.2. The van der Waals surface area contributed by atoms with E-state index in [2.05, 4.69) is 10.3 Å². The highest BCUT2D eigenvalue weighted by Crippen LogP contribution is 2.15. The van der Waals surface area contributed by atoms with Crippen LogP contribution in [0.5, 0.6) is 0 Å².